The molecule has 1 aromatic rings. The van der Waals surface area contributed by atoms with Crippen LogP contribution in [0.4, 0.5) is 0 Å². The zero-order valence-corrected chi connectivity index (χ0v) is 9.24. The summed E-state index contributed by atoms with van der Waals surface area (Å²) in [7, 11) is 1.58. The van der Waals surface area contributed by atoms with Crippen molar-refractivity contribution in [3.8, 4) is 0 Å². The molecule has 1 N–H and O–H groups in total. The monoisotopic (exact) mass is 198 g/mol. The lowest BCUT2D eigenvalue weighted by Gasteiger charge is -2.10. The van der Waals surface area contributed by atoms with Crippen LogP contribution in [-0.2, 0) is 11.3 Å². The first-order valence-electron chi connectivity index (χ1n) is 4.74. The van der Waals surface area contributed by atoms with Gasteiger partial charge in [-0.3, -0.25) is 4.68 Å². The molecule has 1 unspecified atom stereocenters. The molecule has 0 aliphatic carbocycles. The van der Waals surface area contributed by atoms with Crippen LogP contribution in [0.3, 0.4) is 0 Å². The Labute approximate surface area is 84.5 Å². The molecule has 0 fully saturated rings. The molecule has 0 saturated heterocycles. The molecule has 0 aliphatic rings. The Morgan fingerprint density at radius 3 is 2.50 bits per heavy atom. The van der Waals surface area contributed by atoms with E-state index in [1.54, 1.807) is 7.11 Å². The Balaban J connectivity index is 2.72. The second-order valence-corrected chi connectivity index (χ2v) is 3.59. The van der Waals surface area contributed by atoms with Crippen molar-refractivity contribution in [1.29, 1.82) is 0 Å². The number of aliphatic hydroxyl groups is 1. The number of aromatic nitrogens is 2. The van der Waals surface area contributed by atoms with Crippen molar-refractivity contribution < 1.29 is 9.84 Å². The van der Waals surface area contributed by atoms with Gasteiger partial charge in [0.25, 0.3) is 0 Å². The summed E-state index contributed by atoms with van der Waals surface area (Å²) in [4.78, 5) is 0. The average molecular weight is 198 g/mol. The van der Waals surface area contributed by atoms with Gasteiger partial charge in [-0.15, -0.1) is 0 Å². The van der Waals surface area contributed by atoms with Crippen LogP contribution in [0.2, 0.25) is 0 Å². The average Bonchev–Trinajstić information content (AvgIpc) is 2.34. The summed E-state index contributed by atoms with van der Waals surface area (Å²) in [5, 5.41) is 13.9. The molecule has 1 heterocycles. The van der Waals surface area contributed by atoms with Crippen molar-refractivity contribution in [2.24, 2.45) is 0 Å². The molecule has 0 aliphatic heterocycles. The summed E-state index contributed by atoms with van der Waals surface area (Å²) in [5.74, 6) is 0. The van der Waals surface area contributed by atoms with E-state index in [0.717, 1.165) is 11.4 Å². The molecule has 4 nitrogen and oxygen atoms in total. The van der Waals surface area contributed by atoms with Gasteiger partial charge in [-0.2, -0.15) is 5.10 Å². The predicted molar refractivity (Wildman–Crippen MR) is 54.3 cm³/mol. The van der Waals surface area contributed by atoms with E-state index in [1.807, 2.05) is 25.5 Å². The summed E-state index contributed by atoms with van der Waals surface area (Å²) >= 11 is 0. The highest BCUT2D eigenvalue weighted by atomic mass is 16.5. The van der Waals surface area contributed by atoms with Gasteiger partial charge in [0.1, 0.15) is 0 Å². The molecule has 4 heteroatoms. The van der Waals surface area contributed by atoms with Crippen LogP contribution in [0.25, 0.3) is 0 Å². The van der Waals surface area contributed by atoms with Gasteiger partial charge in [-0.1, -0.05) is 0 Å². The minimum atomic E-state index is -0.489. The van der Waals surface area contributed by atoms with Gasteiger partial charge < -0.3 is 9.84 Å². The third-order valence-corrected chi connectivity index (χ3v) is 2.49. The third kappa shape index (κ3) is 2.33. The van der Waals surface area contributed by atoms with E-state index < -0.39 is 6.10 Å². The Morgan fingerprint density at radius 2 is 2.07 bits per heavy atom. The van der Waals surface area contributed by atoms with Crippen LogP contribution < -0.4 is 0 Å². The Bertz CT molecular complexity index is 307. The highest BCUT2D eigenvalue weighted by Gasteiger charge is 2.10. The highest BCUT2D eigenvalue weighted by Crippen LogP contribution is 2.11. The molecular formula is C10H18N2O2. The number of hydrogen-bond acceptors (Lipinski definition) is 3. The lowest BCUT2D eigenvalue weighted by Crippen LogP contribution is -2.22. The fraction of sp³-hybridized carbons (Fsp3) is 0.700. The quantitative estimate of drug-likeness (QED) is 0.779. The number of aryl methyl sites for hydroxylation is 1. The van der Waals surface area contributed by atoms with E-state index in [4.69, 9.17) is 4.74 Å². The van der Waals surface area contributed by atoms with Crippen molar-refractivity contribution >= 4 is 0 Å². The Morgan fingerprint density at radius 1 is 1.43 bits per heavy atom. The summed E-state index contributed by atoms with van der Waals surface area (Å²) < 4.78 is 6.69. The van der Waals surface area contributed by atoms with Crippen LogP contribution >= 0.6 is 0 Å². The maximum Gasteiger partial charge on any atom is 0.0968 e. The second kappa shape index (κ2) is 4.57. The van der Waals surface area contributed by atoms with E-state index in [0.29, 0.717) is 13.2 Å². The zero-order chi connectivity index (χ0) is 10.7. The van der Waals surface area contributed by atoms with E-state index >= 15 is 0 Å². The maximum absolute atomic E-state index is 9.54. The second-order valence-electron chi connectivity index (χ2n) is 3.59. The molecule has 14 heavy (non-hydrogen) atoms. The van der Waals surface area contributed by atoms with Crippen molar-refractivity contribution in [1.82, 2.24) is 9.78 Å². The molecule has 1 aromatic heterocycles. The van der Waals surface area contributed by atoms with Crippen LogP contribution in [0.5, 0.6) is 0 Å². The topological polar surface area (TPSA) is 47.3 Å². The molecule has 1 rings (SSSR count). The summed E-state index contributed by atoms with van der Waals surface area (Å²) in [6.07, 6.45) is -0.489. The largest absolute Gasteiger partial charge is 0.389 e. The standard InChI is InChI=1S/C10H18N2O2/c1-7-8(2)11-12(9(7)3)5-10(13)6-14-4/h10,13H,5-6H2,1-4H3. The first kappa shape index (κ1) is 11.2. The van der Waals surface area contributed by atoms with Crippen LogP contribution in [0, 0.1) is 20.8 Å². The fourth-order valence-electron chi connectivity index (χ4n) is 1.41. The molecule has 0 spiro atoms. The van der Waals surface area contributed by atoms with Crippen molar-refractivity contribution in [2.45, 2.75) is 33.4 Å². The summed E-state index contributed by atoms with van der Waals surface area (Å²) in [5.41, 5.74) is 3.32. The normalized spacial score (nSPS) is 13.2. The Hall–Kier alpha value is -0.870. The van der Waals surface area contributed by atoms with Crippen LogP contribution in [-0.4, -0.2) is 34.7 Å². The lowest BCUT2D eigenvalue weighted by molar-refractivity contribution is 0.0509. The maximum atomic E-state index is 9.54. The minimum Gasteiger partial charge on any atom is -0.389 e. The SMILES string of the molecule is COCC(O)Cn1nc(C)c(C)c1C. The zero-order valence-electron chi connectivity index (χ0n) is 9.24. The van der Waals surface area contributed by atoms with E-state index in [-0.39, 0.29) is 0 Å². The summed E-state index contributed by atoms with van der Waals surface area (Å²) in [6.45, 7) is 6.86. The van der Waals surface area contributed by atoms with E-state index in [2.05, 4.69) is 5.10 Å². The fourth-order valence-corrected chi connectivity index (χ4v) is 1.41. The predicted octanol–water partition coefficient (Wildman–Crippen LogP) is 0.816. The first-order chi connectivity index (χ1) is 6.56. The molecule has 1 atom stereocenters. The number of rotatable bonds is 4. The minimum absolute atomic E-state index is 0.345. The van der Waals surface area contributed by atoms with Gasteiger partial charge in [-0.05, 0) is 26.3 Å². The van der Waals surface area contributed by atoms with Gasteiger partial charge >= 0.3 is 0 Å². The molecule has 80 valence electrons. The van der Waals surface area contributed by atoms with E-state index in [9.17, 15) is 5.11 Å². The Kier molecular flexibility index (Phi) is 3.66. The van der Waals surface area contributed by atoms with Crippen molar-refractivity contribution in [2.75, 3.05) is 13.7 Å². The van der Waals surface area contributed by atoms with Crippen LogP contribution in [0.15, 0.2) is 0 Å². The van der Waals surface area contributed by atoms with Gasteiger partial charge in [0.2, 0.25) is 0 Å². The molecule has 0 bridgehead atoms. The van der Waals surface area contributed by atoms with E-state index in [1.165, 1.54) is 5.56 Å². The molecule has 0 saturated carbocycles. The number of methoxy groups -OCH3 is 1. The molecule has 0 amide bonds. The molecule has 0 aromatic carbocycles. The smallest absolute Gasteiger partial charge is 0.0968 e. The summed E-state index contributed by atoms with van der Waals surface area (Å²) in [6, 6.07) is 0. The number of nitrogens with zero attached hydrogens (tertiary/aromatic N) is 2. The molecule has 0 radical (unpaired) electrons. The number of hydrogen-bond donors (Lipinski definition) is 1. The van der Waals surface area contributed by atoms with Gasteiger partial charge in [-0.25, -0.2) is 0 Å². The first-order valence-corrected chi connectivity index (χ1v) is 4.74. The number of aliphatic hydroxyl groups excluding tert-OH is 1. The van der Waals surface area contributed by atoms with Gasteiger partial charge in [0, 0.05) is 12.8 Å². The lowest BCUT2D eigenvalue weighted by atomic mass is 10.2. The van der Waals surface area contributed by atoms with Crippen molar-refractivity contribution in [3.05, 3.63) is 17.0 Å². The highest BCUT2D eigenvalue weighted by molar-refractivity contribution is 5.22. The van der Waals surface area contributed by atoms with Crippen molar-refractivity contribution in [3.63, 3.8) is 0 Å². The number of ether oxygens (including phenoxy) is 1. The van der Waals surface area contributed by atoms with Gasteiger partial charge in [0.15, 0.2) is 0 Å². The van der Waals surface area contributed by atoms with Crippen LogP contribution in [0.1, 0.15) is 17.0 Å². The van der Waals surface area contributed by atoms with Gasteiger partial charge in [0.05, 0.1) is 24.9 Å². The third-order valence-electron chi connectivity index (χ3n) is 2.49. The molecular weight excluding hydrogens is 180 g/mol.